The number of hydrogen-bond acceptors (Lipinski definition) is 3. The minimum atomic E-state index is -0.801. The highest BCUT2D eigenvalue weighted by Gasteiger charge is 2.52. The molecular weight excluding hydrogens is 292 g/mol. The van der Waals surface area contributed by atoms with Crippen molar-refractivity contribution < 1.29 is 19.4 Å². The summed E-state index contributed by atoms with van der Waals surface area (Å²) in [6, 6.07) is 3.48. The summed E-state index contributed by atoms with van der Waals surface area (Å²) in [7, 11) is 1.55. The normalized spacial score (nSPS) is 20.3. The molecule has 2 aliphatic rings. The van der Waals surface area contributed by atoms with Gasteiger partial charge in [-0.2, -0.15) is 0 Å². The molecule has 0 aromatic heterocycles. The lowest BCUT2D eigenvalue weighted by molar-refractivity contribution is -0.140. The Hall–Kier alpha value is -1.42. The van der Waals surface area contributed by atoms with Gasteiger partial charge in [0.2, 0.25) is 0 Å². The lowest BCUT2D eigenvalue weighted by Gasteiger charge is -2.19. The molecule has 0 amide bonds. The van der Waals surface area contributed by atoms with Gasteiger partial charge in [0.05, 0.1) is 23.7 Å². The second-order valence-electron chi connectivity index (χ2n) is 5.90. The van der Waals surface area contributed by atoms with Crippen molar-refractivity contribution in [1.29, 1.82) is 0 Å². The molecule has 2 fully saturated rings. The smallest absolute Gasteiger partial charge is 0.314 e. The first-order chi connectivity index (χ1) is 10.1. The van der Waals surface area contributed by atoms with E-state index in [-0.39, 0.29) is 6.10 Å². The van der Waals surface area contributed by atoms with E-state index in [1.807, 2.05) is 0 Å². The fourth-order valence-corrected chi connectivity index (χ4v) is 3.29. The maximum Gasteiger partial charge on any atom is 0.314 e. The molecule has 3 rings (SSSR count). The molecule has 5 heteroatoms. The van der Waals surface area contributed by atoms with Gasteiger partial charge in [-0.25, -0.2) is 0 Å². The van der Waals surface area contributed by atoms with Crippen molar-refractivity contribution >= 4 is 17.6 Å². The summed E-state index contributed by atoms with van der Waals surface area (Å²) < 4.78 is 11.3. The van der Waals surface area contributed by atoms with Gasteiger partial charge in [-0.05, 0) is 56.2 Å². The van der Waals surface area contributed by atoms with Crippen molar-refractivity contribution in [2.45, 2.75) is 50.0 Å². The monoisotopic (exact) mass is 310 g/mol. The van der Waals surface area contributed by atoms with Crippen LogP contribution in [-0.2, 0) is 10.2 Å². The lowest BCUT2D eigenvalue weighted by Crippen LogP contribution is -2.20. The van der Waals surface area contributed by atoms with E-state index in [0.29, 0.717) is 34.9 Å². The number of carbonyl (C=O) groups is 1. The minimum Gasteiger partial charge on any atom is -0.493 e. The van der Waals surface area contributed by atoms with Crippen LogP contribution in [0, 0.1) is 0 Å². The summed E-state index contributed by atoms with van der Waals surface area (Å²) in [5.41, 5.74) is -0.0846. The Morgan fingerprint density at radius 1 is 1.33 bits per heavy atom. The summed E-state index contributed by atoms with van der Waals surface area (Å²) in [5.74, 6) is 0.262. The summed E-state index contributed by atoms with van der Waals surface area (Å²) in [6.07, 6.45) is 5.86. The summed E-state index contributed by atoms with van der Waals surface area (Å²) in [4.78, 5) is 11.4. The van der Waals surface area contributed by atoms with Gasteiger partial charge in [0.25, 0.3) is 0 Å². The van der Waals surface area contributed by atoms with Crippen LogP contribution in [-0.4, -0.2) is 24.3 Å². The second kappa shape index (κ2) is 5.41. The average molecular weight is 311 g/mol. The molecule has 1 N–H and O–H groups in total. The predicted molar refractivity (Wildman–Crippen MR) is 79.4 cm³/mol. The quantitative estimate of drug-likeness (QED) is 0.899. The first kappa shape index (κ1) is 14.5. The molecule has 0 spiro atoms. The lowest BCUT2D eigenvalue weighted by atomic mass is 9.96. The van der Waals surface area contributed by atoms with E-state index in [1.54, 1.807) is 19.2 Å². The number of methoxy groups -OCH3 is 1. The van der Waals surface area contributed by atoms with E-state index < -0.39 is 11.4 Å². The van der Waals surface area contributed by atoms with Gasteiger partial charge >= 0.3 is 5.97 Å². The van der Waals surface area contributed by atoms with Crippen LogP contribution in [0.3, 0.4) is 0 Å². The number of carboxylic acid groups (broad SMARTS) is 1. The zero-order valence-corrected chi connectivity index (χ0v) is 12.8. The van der Waals surface area contributed by atoms with Crippen LogP contribution < -0.4 is 9.47 Å². The van der Waals surface area contributed by atoms with Gasteiger partial charge in [-0.3, -0.25) is 4.79 Å². The molecule has 0 atom stereocenters. The fraction of sp³-hybridized carbons (Fsp3) is 0.562. The Labute approximate surface area is 129 Å². The van der Waals surface area contributed by atoms with Crippen LogP contribution in [0.2, 0.25) is 5.02 Å². The third-order valence-corrected chi connectivity index (χ3v) is 4.81. The molecule has 0 bridgehead atoms. The Kier molecular flexibility index (Phi) is 3.74. The van der Waals surface area contributed by atoms with Crippen molar-refractivity contribution in [2.24, 2.45) is 0 Å². The fourth-order valence-electron chi connectivity index (χ4n) is 3.03. The standard InChI is InChI=1S/C16H19ClO4/c1-20-13-9-10(16(6-7-16)15(18)19)8-12(17)14(13)21-11-4-2-3-5-11/h8-9,11H,2-7H2,1H3,(H,18,19). The van der Waals surface area contributed by atoms with Crippen LogP contribution in [0.15, 0.2) is 12.1 Å². The molecule has 2 aliphatic carbocycles. The van der Waals surface area contributed by atoms with E-state index in [1.165, 1.54) is 12.8 Å². The largest absolute Gasteiger partial charge is 0.493 e. The molecule has 114 valence electrons. The van der Waals surface area contributed by atoms with Crippen molar-refractivity contribution in [3.63, 3.8) is 0 Å². The maximum absolute atomic E-state index is 11.4. The number of halogens is 1. The molecule has 0 aliphatic heterocycles. The predicted octanol–water partition coefficient (Wildman–Crippen LogP) is 3.79. The second-order valence-corrected chi connectivity index (χ2v) is 6.31. The van der Waals surface area contributed by atoms with E-state index >= 15 is 0 Å². The molecule has 1 aromatic rings. The zero-order chi connectivity index (χ0) is 15.0. The highest BCUT2D eigenvalue weighted by Crippen LogP contribution is 2.51. The highest BCUT2D eigenvalue weighted by molar-refractivity contribution is 6.32. The van der Waals surface area contributed by atoms with Crippen molar-refractivity contribution in [2.75, 3.05) is 7.11 Å². The van der Waals surface area contributed by atoms with Crippen molar-refractivity contribution in [3.05, 3.63) is 22.7 Å². The van der Waals surface area contributed by atoms with E-state index in [2.05, 4.69) is 0 Å². The number of ether oxygens (including phenoxy) is 2. The number of aliphatic carboxylic acids is 1. The molecule has 21 heavy (non-hydrogen) atoms. The summed E-state index contributed by atoms with van der Waals surface area (Å²) in [6.45, 7) is 0. The molecular formula is C16H19ClO4. The Morgan fingerprint density at radius 3 is 2.52 bits per heavy atom. The highest BCUT2D eigenvalue weighted by atomic mass is 35.5. The SMILES string of the molecule is COc1cc(C2(C(=O)O)CC2)cc(Cl)c1OC1CCCC1. The van der Waals surface area contributed by atoms with Gasteiger partial charge in [0.15, 0.2) is 11.5 Å². The van der Waals surface area contributed by atoms with Crippen molar-refractivity contribution in [1.82, 2.24) is 0 Å². The van der Waals surface area contributed by atoms with Gasteiger partial charge in [-0.1, -0.05) is 11.6 Å². The maximum atomic E-state index is 11.4. The number of rotatable bonds is 5. The van der Waals surface area contributed by atoms with Crippen molar-refractivity contribution in [3.8, 4) is 11.5 Å². The molecule has 2 saturated carbocycles. The van der Waals surface area contributed by atoms with E-state index in [9.17, 15) is 9.90 Å². The molecule has 0 radical (unpaired) electrons. The van der Waals surface area contributed by atoms with Crippen LogP contribution in [0.25, 0.3) is 0 Å². The Balaban J connectivity index is 1.93. The van der Waals surface area contributed by atoms with Crippen LogP contribution in [0.5, 0.6) is 11.5 Å². The topological polar surface area (TPSA) is 55.8 Å². The summed E-state index contributed by atoms with van der Waals surface area (Å²) in [5, 5.41) is 9.83. The third kappa shape index (κ3) is 2.57. The van der Waals surface area contributed by atoms with Crippen LogP contribution >= 0.6 is 11.6 Å². The molecule has 0 saturated heterocycles. The molecule has 0 heterocycles. The molecule has 4 nitrogen and oxygen atoms in total. The Morgan fingerprint density at radius 2 is 2.00 bits per heavy atom. The summed E-state index contributed by atoms with van der Waals surface area (Å²) >= 11 is 6.33. The molecule has 1 aromatic carbocycles. The van der Waals surface area contributed by atoms with E-state index in [0.717, 1.165) is 12.8 Å². The first-order valence-electron chi connectivity index (χ1n) is 7.35. The number of benzene rings is 1. The Bertz CT molecular complexity index is 560. The zero-order valence-electron chi connectivity index (χ0n) is 12.0. The van der Waals surface area contributed by atoms with Gasteiger partial charge in [-0.15, -0.1) is 0 Å². The number of hydrogen-bond donors (Lipinski definition) is 1. The average Bonchev–Trinajstić information content (AvgIpc) is 3.12. The van der Waals surface area contributed by atoms with Crippen LogP contribution in [0.4, 0.5) is 0 Å². The van der Waals surface area contributed by atoms with Gasteiger partial charge in [0, 0.05) is 0 Å². The molecule has 0 unspecified atom stereocenters. The first-order valence-corrected chi connectivity index (χ1v) is 7.73. The van der Waals surface area contributed by atoms with Gasteiger partial charge < -0.3 is 14.6 Å². The third-order valence-electron chi connectivity index (χ3n) is 4.53. The minimum absolute atomic E-state index is 0.177. The van der Waals surface area contributed by atoms with Gasteiger partial charge in [0.1, 0.15) is 0 Å². The van der Waals surface area contributed by atoms with E-state index in [4.69, 9.17) is 21.1 Å². The number of carboxylic acids is 1. The van der Waals surface area contributed by atoms with Crippen LogP contribution in [0.1, 0.15) is 44.1 Å².